The number of benzene rings is 1. The minimum absolute atomic E-state index is 0.0407. The zero-order valence-corrected chi connectivity index (χ0v) is 22.4. The van der Waals surface area contributed by atoms with Crippen molar-refractivity contribution in [1.29, 1.82) is 0 Å². The number of para-hydroxylation sites is 1. The number of rotatable bonds is 10. The summed E-state index contributed by atoms with van der Waals surface area (Å²) in [6, 6.07) is 6.71. The summed E-state index contributed by atoms with van der Waals surface area (Å²) in [4.78, 5) is 23.3. The second-order valence-corrected chi connectivity index (χ2v) is 11.5. The summed E-state index contributed by atoms with van der Waals surface area (Å²) in [7, 11) is -4.46. The van der Waals surface area contributed by atoms with Crippen LogP contribution in [0.25, 0.3) is 0 Å². The summed E-state index contributed by atoms with van der Waals surface area (Å²) in [5.41, 5.74) is 0. The number of esters is 1. The molecule has 0 bridgehead atoms. The molecule has 11 nitrogen and oxygen atoms in total. The molecule has 2 aliphatic heterocycles. The molecule has 6 atom stereocenters. The van der Waals surface area contributed by atoms with Crippen LogP contribution < -0.4 is 14.9 Å². The van der Waals surface area contributed by atoms with Crippen LogP contribution in [-0.2, 0) is 28.2 Å². The van der Waals surface area contributed by atoms with Crippen LogP contribution >= 0.6 is 19.3 Å². The molecule has 0 spiro atoms. The predicted molar refractivity (Wildman–Crippen MR) is 132 cm³/mol. The van der Waals surface area contributed by atoms with Gasteiger partial charge in [-0.3, -0.25) is 14.1 Å². The number of amides is 1. The second kappa shape index (κ2) is 11.1. The highest BCUT2D eigenvalue weighted by Crippen LogP contribution is 2.50. The van der Waals surface area contributed by atoms with Gasteiger partial charge >= 0.3 is 13.7 Å². The largest absolute Gasteiger partial charge is 0.462 e. The molecule has 0 aromatic heterocycles. The standard InChI is InChI=1S/C23H30ClFN3O8P/c1-14(2)34-19(30)15(3)27-37(32,36-17-9-7-6-8-10-17)33-13-23(25)20(31)22(5,24)21(35-23)28-12-11-18(29)26-16(28)4/h6-12,14-15,20-21,31H,4,13H2,1-3,5H3,(H,26,29)(H,27,32)/t15?,20-,21+,22+,23+,37?/m0/s1. The first kappa shape index (κ1) is 29.1. The maximum Gasteiger partial charge on any atom is 0.459 e. The number of aliphatic hydroxyl groups excluding tert-OH is 1. The van der Waals surface area contributed by atoms with E-state index >= 15 is 4.39 Å². The highest BCUT2D eigenvalue weighted by molar-refractivity contribution is 7.52. The van der Waals surface area contributed by atoms with Crippen LogP contribution in [0.2, 0.25) is 0 Å². The van der Waals surface area contributed by atoms with E-state index < -0.39 is 61.4 Å². The van der Waals surface area contributed by atoms with Crippen LogP contribution in [0.1, 0.15) is 27.7 Å². The first-order chi connectivity index (χ1) is 17.2. The maximum absolute atomic E-state index is 16.0. The van der Waals surface area contributed by atoms with E-state index in [4.69, 9.17) is 30.1 Å². The Kier molecular flexibility index (Phi) is 8.73. The molecule has 0 aliphatic carbocycles. The number of carbonyl (C=O) groups is 2. The summed E-state index contributed by atoms with van der Waals surface area (Å²) in [6.07, 6.45) is -1.35. The number of aliphatic hydroxyl groups is 1. The van der Waals surface area contributed by atoms with E-state index in [2.05, 4.69) is 17.0 Å². The Labute approximate surface area is 219 Å². The average Bonchev–Trinajstić information content (AvgIpc) is 2.98. The summed E-state index contributed by atoms with van der Waals surface area (Å²) < 4.78 is 51.1. The fourth-order valence-corrected chi connectivity index (χ4v) is 5.39. The van der Waals surface area contributed by atoms with E-state index in [0.717, 1.165) is 6.08 Å². The van der Waals surface area contributed by atoms with Gasteiger partial charge < -0.3 is 29.3 Å². The van der Waals surface area contributed by atoms with E-state index in [0.29, 0.717) is 0 Å². The second-order valence-electron chi connectivity index (χ2n) is 8.98. The summed E-state index contributed by atoms with van der Waals surface area (Å²) in [5, 5.41) is 15.6. The Morgan fingerprint density at radius 1 is 1.38 bits per heavy atom. The Balaban J connectivity index is 1.82. The van der Waals surface area contributed by atoms with Crippen molar-refractivity contribution >= 4 is 31.2 Å². The van der Waals surface area contributed by atoms with Gasteiger partial charge in [-0.15, -0.1) is 11.6 Å². The Hall–Kier alpha value is -2.47. The van der Waals surface area contributed by atoms with Crippen LogP contribution in [0.5, 0.6) is 5.75 Å². The minimum Gasteiger partial charge on any atom is -0.462 e. The summed E-state index contributed by atoms with van der Waals surface area (Å²) in [6.45, 7) is 8.56. The van der Waals surface area contributed by atoms with E-state index in [-0.39, 0.29) is 11.6 Å². The Morgan fingerprint density at radius 3 is 2.62 bits per heavy atom. The van der Waals surface area contributed by atoms with E-state index in [9.17, 15) is 19.3 Å². The molecular formula is C23H30ClFN3O8P. The predicted octanol–water partition coefficient (Wildman–Crippen LogP) is 2.92. The van der Waals surface area contributed by atoms with Gasteiger partial charge in [0.1, 0.15) is 35.2 Å². The van der Waals surface area contributed by atoms with Crippen molar-refractivity contribution in [2.75, 3.05) is 6.61 Å². The zero-order chi connectivity index (χ0) is 27.6. The molecule has 3 N–H and O–H groups in total. The lowest BCUT2D eigenvalue weighted by Gasteiger charge is -2.36. The maximum atomic E-state index is 16.0. The zero-order valence-electron chi connectivity index (χ0n) is 20.7. The highest BCUT2D eigenvalue weighted by atomic mass is 35.5. The molecule has 1 amide bonds. The van der Waals surface area contributed by atoms with Crippen LogP contribution in [-0.4, -0.2) is 63.7 Å². The lowest BCUT2D eigenvalue weighted by Crippen LogP contribution is -2.51. The topological polar surface area (TPSA) is 136 Å². The molecule has 14 heteroatoms. The Bertz CT molecular complexity index is 1100. The third-order valence-corrected chi connectivity index (χ3v) is 7.43. The SMILES string of the molecule is C=C1NC(=O)C=CN1[C@@H]1O[C@](F)(COP(=O)(NC(C)C(=O)OC(C)C)Oc2ccccc2)[C@@H](O)[C@@]1(C)Cl. The highest BCUT2D eigenvalue weighted by Gasteiger charge is 2.64. The molecule has 0 saturated carbocycles. The van der Waals surface area contributed by atoms with Gasteiger partial charge in [0.15, 0.2) is 6.23 Å². The van der Waals surface area contributed by atoms with Gasteiger partial charge in [0, 0.05) is 12.3 Å². The normalized spacial score (nSPS) is 30.1. The quantitative estimate of drug-likeness (QED) is 0.222. The van der Waals surface area contributed by atoms with Crippen molar-refractivity contribution in [3.05, 3.63) is 55.0 Å². The van der Waals surface area contributed by atoms with Gasteiger partial charge in [0.25, 0.3) is 11.8 Å². The first-order valence-corrected chi connectivity index (χ1v) is 13.3. The molecule has 2 aliphatic rings. The van der Waals surface area contributed by atoms with Gasteiger partial charge in [0.2, 0.25) is 0 Å². The lowest BCUT2D eigenvalue weighted by molar-refractivity contribution is -0.206. The molecule has 37 heavy (non-hydrogen) atoms. The number of nitrogens with one attached hydrogen (secondary N) is 2. The molecule has 1 saturated heterocycles. The first-order valence-electron chi connectivity index (χ1n) is 11.3. The van der Waals surface area contributed by atoms with Crippen molar-refractivity contribution in [2.45, 2.75) is 62.9 Å². The van der Waals surface area contributed by atoms with Crippen molar-refractivity contribution in [1.82, 2.24) is 15.3 Å². The van der Waals surface area contributed by atoms with Crippen LogP contribution in [0.15, 0.2) is 55.0 Å². The fourth-order valence-electron chi connectivity index (χ4n) is 3.58. The molecule has 0 radical (unpaired) electrons. The van der Waals surface area contributed by atoms with Gasteiger partial charge in [0.05, 0.1) is 6.10 Å². The monoisotopic (exact) mass is 561 g/mol. The van der Waals surface area contributed by atoms with Crippen LogP contribution in [0.3, 0.4) is 0 Å². The number of ether oxygens (including phenoxy) is 2. The molecule has 2 heterocycles. The van der Waals surface area contributed by atoms with E-state index in [1.54, 1.807) is 32.0 Å². The van der Waals surface area contributed by atoms with E-state index in [1.165, 1.54) is 37.1 Å². The molecule has 1 fully saturated rings. The summed E-state index contributed by atoms with van der Waals surface area (Å²) >= 11 is 6.48. The molecular weight excluding hydrogens is 532 g/mol. The average molecular weight is 562 g/mol. The molecule has 1 aromatic carbocycles. The number of halogens is 2. The van der Waals surface area contributed by atoms with Gasteiger partial charge in [-0.25, -0.2) is 8.96 Å². The van der Waals surface area contributed by atoms with Gasteiger partial charge in [-0.2, -0.15) is 5.09 Å². The van der Waals surface area contributed by atoms with Gasteiger partial charge in [-0.05, 0) is 39.8 Å². The number of alkyl halides is 2. The van der Waals surface area contributed by atoms with Crippen LogP contribution in [0, 0.1) is 0 Å². The Morgan fingerprint density at radius 2 is 2.03 bits per heavy atom. The third-order valence-electron chi connectivity index (χ3n) is 5.41. The molecule has 1 aromatic rings. The lowest BCUT2D eigenvalue weighted by atomic mass is 9.99. The van der Waals surface area contributed by atoms with Crippen LogP contribution in [0.4, 0.5) is 4.39 Å². The number of hydrogen-bond acceptors (Lipinski definition) is 9. The van der Waals surface area contributed by atoms with Crippen molar-refractivity contribution in [3.8, 4) is 5.75 Å². The third kappa shape index (κ3) is 6.70. The molecule has 3 rings (SSSR count). The minimum atomic E-state index is -4.46. The number of hydrogen-bond donors (Lipinski definition) is 3. The number of nitrogens with zero attached hydrogens (tertiary/aromatic N) is 1. The number of carbonyl (C=O) groups excluding carboxylic acids is 2. The van der Waals surface area contributed by atoms with Gasteiger partial charge in [-0.1, -0.05) is 24.8 Å². The van der Waals surface area contributed by atoms with Crippen molar-refractivity contribution < 1.29 is 42.2 Å². The van der Waals surface area contributed by atoms with Crippen molar-refractivity contribution in [2.24, 2.45) is 0 Å². The molecule has 204 valence electrons. The van der Waals surface area contributed by atoms with Crippen molar-refractivity contribution in [3.63, 3.8) is 0 Å². The summed E-state index contributed by atoms with van der Waals surface area (Å²) in [5.74, 6) is -4.03. The van der Waals surface area contributed by atoms with E-state index in [1.807, 2.05) is 0 Å². The smallest absolute Gasteiger partial charge is 0.459 e. The fraction of sp³-hybridized carbons (Fsp3) is 0.478. The molecule has 2 unspecified atom stereocenters.